The molecule has 0 spiro atoms. The van der Waals surface area contributed by atoms with Crippen LogP contribution in [0.3, 0.4) is 0 Å². The maximum Gasteiger partial charge on any atom is 0.298 e. The number of thioether (sulfide) groups is 1. The first kappa shape index (κ1) is 22.0. The summed E-state index contributed by atoms with van der Waals surface area (Å²) in [5.41, 5.74) is 2.34. The van der Waals surface area contributed by atoms with Crippen molar-refractivity contribution >= 4 is 46.3 Å². The zero-order chi connectivity index (χ0) is 22.5. The third-order valence-corrected chi connectivity index (χ3v) is 5.82. The largest absolute Gasteiger partial charge is 0.494 e. The van der Waals surface area contributed by atoms with Gasteiger partial charge in [0.25, 0.3) is 11.1 Å². The molecule has 0 saturated carbocycles. The van der Waals surface area contributed by atoms with E-state index in [0.717, 1.165) is 22.9 Å². The molecule has 0 aliphatic carbocycles. The Balaban J connectivity index is 1.42. The number of hydrogen-bond acceptors (Lipinski definition) is 5. The van der Waals surface area contributed by atoms with Crippen LogP contribution in [0.25, 0.3) is 6.08 Å². The van der Waals surface area contributed by atoms with Gasteiger partial charge in [0.15, 0.2) is 0 Å². The molecule has 32 heavy (non-hydrogen) atoms. The smallest absolute Gasteiger partial charge is 0.298 e. The van der Waals surface area contributed by atoms with Gasteiger partial charge >= 0.3 is 0 Å². The molecule has 0 radical (unpaired) electrons. The van der Waals surface area contributed by atoms with Gasteiger partial charge in [0.1, 0.15) is 18.1 Å². The van der Waals surface area contributed by atoms with Crippen LogP contribution >= 0.6 is 23.4 Å². The number of ether oxygens (including phenoxy) is 2. The van der Waals surface area contributed by atoms with Crippen LogP contribution in [0.5, 0.6) is 11.5 Å². The Morgan fingerprint density at radius 3 is 2.16 bits per heavy atom. The van der Waals surface area contributed by atoms with Gasteiger partial charge in [0.2, 0.25) is 0 Å². The van der Waals surface area contributed by atoms with Crippen LogP contribution in [0.15, 0.2) is 77.7 Å². The minimum atomic E-state index is -0.341. The third kappa shape index (κ3) is 5.15. The summed E-state index contributed by atoms with van der Waals surface area (Å²) in [7, 11) is 0. The lowest BCUT2D eigenvalue weighted by Gasteiger charge is -2.13. The van der Waals surface area contributed by atoms with Gasteiger partial charge in [-0.25, -0.2) is 4.90 Å². The normalized spacial score (nSPS) is 14.8. The number of carbonyl (C=O) groups is 2. The van der Waals surface area contributed by atoms with Crippen LogP contribution in [-0.2, 0) is 11.4 Å². The first-order valence-electron chi connectivity index (χ1n) is 10.0. The molecule has 4 rings (SSSR count). The molecule has 0 atom stereocenters. The fourth-order valence-corrected chi connectivity index (χ4v) is 4.07. The van der Waals surface area contributed by atoms with Crippen molar-refractivity contribution in [2.24, 2.45) is 0 Å². The SMILES string of the molecule is CCOc1ccc(N2C(=O)S/C(=C\c3ccc(OCc4ccc(Cl)cc4)cc3)C2=O)cc1. The Labute approximate surface area is 195 Å². The van der Waals surface area contributed by atoms with Crippen LogP contribution in [0, 0.1) is 0 Å². The van der Waals surface area contributed by atoms with E-state index in [1.54, 1.807) is 30.3 Å². The van der Waals surface area contributed by atoms with Gasteiger partial charge < -0.3 is 9.47 Å². The fraction of sp³-hybridized carbons (Fsp3) is 0.120. The predicted molar refractivity (Wildman–Crippen MR) is 128 cm³/mol. The lowest BCUT2D eigenvalue weighted by atomic mass is 10.2. The van der Waals surface area contributed by atoms with Crippen LogP contribution in [0.2, 0.25) is 5.02 Å². The average Bonchev–Trinajstić information content (AvgIpc) is 3.08. The summed E-state index contributed by atoms with van der Waals surface area (Å²) in [4.78, 5) is 26.8. The molecule has 1 saturated heterocycles. The fourth-order valence-electron chi connectivity index (χ4n) is 3.11. The van der Waals surface area contributed by atoms with Crippen LogP contribution in [-0.4, -0.2) is 17.8 Å². The first-order valence-corrected chi connectivity index (χ1v) is 11.2. The van der Waals surface area contributed by atoms with Crippen molar-refractivity contribution < 1.29 is 19.1 Å². The Morgan fingerprint density at radius 1 is 0.875 bits per heavy atom. The van der Waals surface area contributed by atoms with Gasteiger partial charge in [-0.1, -0.05) is 35.9 Å². The highest BCUT2D eigenvalue weighted by Crippen LogP contribution is 2.36. The second-order valence-electron chi connectivity index (χ2n) is 6.93. The van der Waals surface area contributed by atoms with Crippen molar-refractivity contribution in [1.29, 1.82) is 0 Å². The molecule has 3 aromatic rings. The highest BCUT2D eigenvalue weighted by molar-refractivity contribution is 8.19. The van der Waals surface area contributed by atoms with E-state index in [0.29, 0.717) is 40.3 Å². The van der Waals surface area contributed by atoms with Crippen molar-refractivity contribution in [3.05, 3.63) is 93.9 Å². The van der Waals surface area contributed by atoms with Gasteiger partial charge in [-0.15, -0.1) is 0 Å². The van der Waals surface area contributed by atoms with Crippen LogP contribution in [0.1, 0.15) is 18.1 Å². The summed E-state index contributed by atoms with van der Waals surface area (Å²) in [5.74, 6) is 1.06. The second kappa shape index (κ2) is 9.94. The van der Waals surface area contributed by atoms with Crippen LogP contribution < -0.4 is 14.4 Å². The number of benzene rings is 3. The highest BCUT2D eigenvalue weighted by atomic mass is 35.5. The molecule has 7 heteroatoms. The molecule has 162 valence electrons. The van der Waals surface area contributed by atoms with E-state index in [1.165, 1.54) is 4.90 Å². The Hall–Kier alpha value is -3.22. The van der Waals surface area contributed by atoms with E-state index in [4.69, 9.17) is 21.1 Å². The molecule has 0 aromatic heterocycles. The van der Waals surface area contributed by atoms with E-state index in [9.17, 15) is 9.59 Å². The molecule has 1 fully saturated rings. The van der Waals surface area contributed by atoms with E-state index in [-0.39, 0.29) is 11.1 Å². The minimum Gasteiger partial charge on any atom is -0.494 e. The standard InChI is InChI=1S/C25H20ClNO4S/c1-2-30-21-13-9-20(10-14-21)27-24(28)23(32-25(27)29)15-17-5-11-22(12-6-17)31-16-18-3-7-19(26)8-4-18/h3-15H,2,16H2,1H3/b23-15-. The molecular weight excluding hydrogens is 446 g/mol. The van der Waals surface area contributed by atoms with Gasteiger partial charge in [0, 0.05) is 5.02 Å². The van der Waals surface area contributed by atoms with Crippen molar-refractivity contribution in [2.45, 2.75) is 13.5 Å². The molecule has 1 aliphatic heterocycles. The summed E-state index contributed by atoms with van der Waals surface area (Å²) in [6.45, 7) is 2.87. The molecule has 1 heterocycles. The van der Waals surface area contributed by atoms with E-state index < -0.39 is 0 Å². The average molecular weight is 466 g/mol. The highest BCUT2D eigenvalue weighted by Gasteiger charge is 2.36. The number of halogens is 1. The predicted octanol–water partition coefficient (Wildman–Crippen LogP) is 6.56. The Bertz CT molecular complexity index is 1140. The van der Waals surface area contributed by atoms with E-state index >= 15 is 0 Å². The lowest BCUT2D eigenvalue weighted by Crippen LogP contribution is -2.27. The molecular formula is C25H20ClNO4S. The summed E-state index contributed by atoms with van der Waals surface area (Å²) < 4.78 is 11.2. The summed E-state index contributed by atoms with van der Waals surface area (Å²) in [5, 5.41) is 0.360. The summed E-state index contributed by atoms with van der Waals surface area (Å²) in [6.07, 6.45) is 1.71. The molecule has 0 bridgehead atoms. The van der Waals surface area contributed by atoms with Gasteiger partial charge in [0.05, 0.1) is 17.2 Å². The van der Waals surface area contributed by atoms with Crippen molar-refractivity contribution in [3.8, 4) is 11.5 Å². The molecule has 0 unspecified atom stereocenters. The van der Waals surface area contributed by atoms with E-state index in [2.05, 4.69) is 0 Å². The molecule has 5 nitrogen and oxygen atoms in total. The van der Waals surface area contributed by atoms with Gasteiger partial charge in [-0.05, 0) is 84.4 Å². The number of rotatable bonds is 7. The zero-order valence-corrected chi connectivity index (χ0v) is 18.9. The number of nitrogens with zero attached hydrogens (tertiary/aromatic N) is 1. The van der Waals surface area contributed by atoms with Crippen molar-refractivity contribution in [1.82, 2.24) is 0 Å². The first-order chi connectivity index (χ1) is 15.5. The Morgan fingerprint density at radius 2 is 1.50 bits per heavy atom. The maximum atomic E-state index is 12.8. The van der Waals surface area contributed by atoms with E-state index in [1.807, 2.05) is 55.5 Å². The third-order valence-electron chi connectivity index (χ3n) is 4.70. The number of carbonyl (C=O) groups excluding carboxylic acids is 2. The number of hydrogen-bond donors (Lipinski definition) is 0. The van der Waals surface area contributed by atoms with Gasteiger partial charge in [-0.3, -0.25) is 9.59 Å². The van der Waals surface area contributed by atoms with Crippen LogP contribution in [0.4, 0.5) is 10.5 Å². The number of imide groups is 1. The van der Waals surface area contributed by atoms with Gasteiger partial charge in [-0.2, -0.15) is 0 Å². The minimum absolute atomic E-state index is 0.326. The lowest BCUT2D eigenvalue weighted by molar-refractivity contribution is -0.113. The quantitative estimate of drug-likeness (QED) is 0.370. The summed E-state index contributed by atoms with van der Waals surface area (Å²) >= 11 is 6.82. The Kier molecular flexibility index (Phi) is 6.83. The topological polar surface area (TPSA) is 55.8 Å². The molecule has 2 amide bonds. The molecule has 3 aromatic carbocycles. The maximum absolute atomic E-state index is 12.8. The number of amides is 2. The molecule has 0 N–H and O–H groups in total. The van der Waals surface area contributed by atoms with Crippen molar-refractivity contribution in [3.63, 3.8) is 0 Å². The monoisotopic (exact) mass is 465 g/mol. The number of anilines is 1. The molecule has 1 aliphatic rings. The zero-order valence-electron chi connectivity index (χ0n) is 17.3. The second-order valence-corrected chi connectivity index (χ2v) is 8.36. The summed E-state index contributed by atoms with van der Waals surface area (Å²) in [6, 6.07) is 21.7. The van der Waals surface area contributed by atoms with Crippen molar-refractivity contribution in [2.75, 3.05) is 11.5 Å².